The van der Waals surface area contributed by atoms with Crippen molar-refractivity contribution in [3.8, 4) is 5.88 Å². The van der Waals surface area contributed by atoms with Gasteiger partial charge in [-0.2, -0.15) is 0 Å². The first-order valence-electron chi connectivity index (χ1n) is 9.94. The van der Waals surface area contributed by atoms with E-state index in [9.17, 15) is 13.2 Å². The lowest BCUT2D eigenvalue weighted by molar-refractivity contribution is -0.119. The third kappa shape index (κ3) is 8.10. The number of rotatable bonds is 11. The minimum Gasteiger partial charge on any atom is -0.478 e. The summed E-state index contributed by atoms with van der Waals surface area (Å²) in [4.78, 5) is 19.8. The van der Waals surface area contributed by atoms with Crippen molar-refractivity contribution in [2.24, 2.45) is 0 Å². The summed E-state index contributed by atoms with van der Waals surface area (Å²) in [5.74, 6) is -0.0862. The van der Waals surface area contributed by atoms with Gasteiger partial charge < -0.3 is 15.4 Å². The van der Waals surface area contributed by atoms with Crippen molar-refractivity contribution >= 4 is 44.8 Å². The average molecular weight is 466 g/mol. The van der Waals surface area contributed by atoms with Crippen molar-refractivity contribution in [2.75, 3.05) is 17.1 Å². The second-order valence-electron chi connectivity index (χ2n) is 6.71. The monoisotopic (exact) mass is 465 g/mol. The molecule has 1 aromatic heterocycles. The summed E-state index contributed by atoms with van der Waals surface area (Å²) >= 11 is 5.15. The van der Waals surface area contributed by atoms with E-state index >= 15 is 0 Å². The van der Waals surface area contributed by atoms with E-state index in [1.165, 1.54) is 38.1 Å². The zero-order valence-corrected chi connectivity index (χ0v) is 19.2. The molecule has 1 heterocycles. The molecule has 0 fully saturated rings. The first-order valence-corrected chi connectivity index (χ1v) is 11.8. The Hall–Kier alpha value is -2.79. The van der Waals surface area contributed by atoms with Gasteiger partial charge in [-0.1, -0.05) is 32.6 Å². The number of unbranched alkanes of at least 4 members (excludes halogenated alkanes) is 4. The molecule has 0 saturated heterocycles. The predicted octanol–water partition coefficient (Wildman–Crippen LogP) is 3.46. The minimum absolute atomic E-state index is 0.00853. The number of benzene rings is 1. The number of hydrogen-bond acceptors (Lipinski definition) is 7. The number of amides is 1. The van der Waals surface area contributed by atoms with Crippen LogP contribution in [0.5, 0.6) is 5.88 Å². The molecule has 1 amide bonds. The number of carbonyl (C=O) groups is 1. The number of aromatic nitrogens is 2. The van der Waals surface area contributed by atoms with E-state index in [-0.39, 0.29) is 27.6 Å². The fourth-order valence-corrected chi connectivity index (χ4v) is 3.93. The number of nitrogens with one attached hydrogen (secondary N) is 3. The Morgan fingerprint density at radius 2 is 1.74 bits per heavy atom. The molecule has 2 rings (SSSR count). The number of nitrogens with zero attached hydrogens (tertiary/aromatic N) is 2. The molecule has 0 aliphatic carbocycles. The Kier molecular flexibility index (Phi) is 9.60. The van der Waals surface area contributed by atoms with E-state index < -0.39 is 10.0 Å². The number of thiocarbonyl (C=S) groups is 1. The molecule has 0 saturated carbocycles. The first-order chi connectivity index (χ1) is 14.9. The van der Waals surface area contributed by atoms with Crippen molar-refractivity contribution < 1.29 is 17.9 Å². The summed E-state index contributed by atoms with van der Waals surface area (Å²) < 4.78 is 32.5. The molecule has 168 valence electrons. The maximum atomic E-state index is 12.6. The van der Waals surface area contributed by atoms with Crippen LogP contribution in [0.3, 0.4) is 0 Å². The molecule has 2 aromatic rings. The van der Waals surface area contributed by atoms with Crippen molar-refractivity contribution in [3.63, 3.8) is 0 Å². The smallest absolute Gasteiger partial charge is 0.263 e. The lowest BCUT2D eigenvalue weighted by Gasteiger charge is -2.12. The summed E-state index contributed by atoms with van der Waals surface area (Å²) in [6.07, 6.45) is 8.47. The molecule has 0 atom stereocenters. The average Bonchev–Trinajstić information content (AvgIpc) is 2.74. The second-order valence-corrected chi connectivity index (χ2v) is 8.80. The molecule has 0 radical (unpaired) electrons. The molecule has 0 bridgehead atoms. The molecule has 0 unspecified atom stereocenters. The highest BCUT2D eigenvalue weighted by molar-refractivity contribution is 7.92. The number of hydrogen-bond donors (Lipinski definition) is 3. The zero-order chi connectivity index (χ0) is 22.7. The Balaban J connectivity index is 1.89. The highest BCUT2D eigenvalue weighted by Gasteiger charge is 2.18. The van der Waals surface area contributed by atoms with Crippen LogP contribution in [-0.4, -0.2) is 36.5 Å². The Labute approximate surface area is 188 Å². The maximum Gasteiger partial charge on any atom is 0.263 e. The third-order valence-electron chi connectivity index (χ3n) is 4.27. The summed E-state index contributed by atoms with van der Waals surface area (Å²) in [5.41, 5.74) is 0.546. The highest BCUT2D eigenvalue weighted by atomic mass is 32.2. The fourth-order valence-electron chi connectivity index (χ4n) is 2.69. The van der Waals surface area contributed by atoms with Crippen LogP contribution < -0.4 is 20.1 Å². The molecule has 1 aromatic carbocycles. The molecule has 3 N–H and O–H groups in total. The van der Waals surface area contributed by atoms with Crippen LogP contribution in [0, 0.1) is 0 Å². The minimum atomic E-state index is -3.89. The summed E-state index contributed by atoms with van der Waals surface area (Å²) in [7, 11) is -2.52. The van der Waals surface area contributed by atoms with Crippen LogP contribution in [0.25, 0.3) is 0 Å². The summed E-state index contributed by atoms with van der Waals surface area (Å²) in [6.45, 7) is 2.14. The van der Waals surface area contributed by atoms with Gasteiger partial charge in [-0.15, -0.1) is 0 Å². The van der Waals surface area contributed by atoms with Gasteiger partial charge >= 0.3 is 0 Å². The standard InChI is InChI=1S/C20H27N5O4S2/c1-3-4-5-6-7-8-17(26)24-20(30)23-15-9-11-16(12-10-15)31(27,28)25-18-19(29-2)22-14-13-21-18/h9-14H,3-8H2,1-2H3,(H,21,25)(H2,23,24,26,30). The van der Waals surface area contributed by atoms with Crippen LogP contribution in [0.4, 0.5) is 11.5 Å². The zero-order valence-electron chi connectivity index (χ0n) is 17.6. The number of sulfonamides is 1. The molecule has 0 aliphatic heterocycles. The SMILES string of the molecule is CCCCCCCC(=O)NC(=S)Nc1ccc(S(=O)(=O)Nc2nccnc2OC)cc1. The first kappa shape index (κ1) is 24.5. The van der Waals surface area contributed by atoms with E-state index in [1.807, 2.05) is 0 Å². The van der Waals surface area contributed by atoms with E-state index in [0.29, 0.717) is 12.1 Å². The van der Waals surface area contributed by atoms with E-state index in [2.05, 4.69) is 32.2 Å². The van der Waals surface area contributed by atoms with Crippen molar-refractivity contribution in [2.45, 2.75) is 50.3 Å². The molecule has 0 aliphatic rings. The van der Waals surface area contributed by atoms with Crippen molar-refractivity contribution in [3.05, 3.63) is 36.7 Å². The van der Waals surface area contributed by atoms with Gasteiger partial charge in [0.2, 0.25) is 11.7 Å². The predicted molar refractivity (Wildman–Crippen MR) is 124 cm³/mol. The van der Waals surface area contributed by atoms with Crippen LogP contribution >= 0.6 is 12.2 Å². The van der Waals surface area contributed by atoms with Crippen molar-refractivity contribution in [1.29, 1.82) is 0 Å². The van der Waals surface area contributed by atoms with Crippen LogP contribution in [0.15, 0.2) is 41.6 Å². The molecule has 31 heavy (non-hydrogen) atoms. The highest BCUT2D eigenvalue weighted by Crippen LogP contribution is 2.22. The summed E-state index contributed by atoms with van der Waals surface area (Å²) in [6, 6.07) is 5.91. The topological polar surface area (TPSA) is 122 Å². The normalized spacial score (nSPS) is 10.9. The Morgan fingerprint density at radius 1 is 1.06 bits per heavy atom. The van der Waals surface area contributed by atoms with Gasteiger partial charge in [0.15, 0.2) is 5.11 Å². The Morgan fingerprint density at radius 3 is 2.42 bits per heavy atom. The molecule has 0 spiro atoms. The second kappa shape index (κ2) is 12.2. The van der Waals surface area contributed by atoms with Gasteiger partial charge in [0, 0.05) is 24.5 Å². The fraction of sp³-hybridized carbons (Fsp3) is 0.400. The maximum absolute atomic E-state index is 12.6. The molecular weight excluding hydrogens is 438 g/mol. The number of ether oxygens (including phenoxy) is 1. The number of carbonyl (C=O) groups excluding carboxylic acids is 1. The number of methoxy groups -OCH3 is 1. The van der Waals surface area contributed by atoms with Gasteiger partial charge in [-0.3, -0.25) is 9.52 Å². The van der Waals surface area contributed by atoms with Gasteiger partial charge in [0.25, 0.3) is 15.9 Å². The van der Waals surface area contributed by atoms with Crippen molar-refractivity contribution in [1.82, 2.24) is 15.3 Å². The molecular formula is C20H27N5O4S2. The third-order valence-corrected chi connectivity index (χ3v) is 5.83. The van der Waals surface area contributed by atoms with E-state index in [0.717, 1.165) is 25.7 Å². The summed E-state index contributed by atoms with van der Waals surface area (Å²) in [5, 5.41) is 5.67. The molecule has 9 nitrogen and oxygen atoms in total. The van der Waals surface area contributed by atoms with Gasteiger partial charge in [0.05, 0.1) is 12.0 Å². The number of anilines is 2. The Bertz CT molecular complexity index is 981. The van der Waals surface area contributed by atoms with Crippen LogP contribution in [-0.2, 0) is 14.8 Å². The quantitative estimate of drug-likeness (QED) is 0.341. The van der Waals surface area contributed by atoms with Gasteiger partial charge in [0.1, 0.15) is 0 Å². The lowest BCUT2D eigenvalue weighted by atomic mass is 10.1. The van der Waals surface area contributed by atoms with Crippen LogP contribution in [0.1, 0.15) is 45.4 Å². The van der Waals surface area contributed by atoms with E-state index in [1.54, 1.807) is 12.1 Å². The van der Waals surface area contributed by atoms with Gasteiger partial charge in [-0.05, 0) is 42.9 Å². The largest absolute Gasteiger partial charge is 0.478 e. The van der Waals surface area contributed by atoms with Crippen LogP contribution in [0.2, 0.25) is 0 Å². The molecule has 11 heteroatoms. The van der Waals surface area contributed by atoms with E-state index in [4.69, 9.17) is 17.0 Å². The van der Waals surface area contributed by atoms with Gasteiger partial charge in [-0.25, -0.2) is 18.4 Å². The lowest BCUT2D eigenvalue weighted by Crippen LogP contribution is -2.33.